The number of nitriles is 3. The SMILES string of the molecule is CCOC(=O)C1=C(CSc2nc(N)c(C#N)c(-c3cccs3)c2C#N)OC(N)=C(C#N)C1c1cccs1. The van der Waals surface area contributed by atoms with Gasteiger partial charge in [-0.3, -0.25) is 0 Å². The van der Waals surface area contributed by atoms with Gasteiger partial charge < -0.3 is 20.9 Å². The van der Waals surface area contributed by atoms with Crippen molar-refractivity contribution in [2.75, 3.05) is 18.1 Å². The minimum atomic E-state index is -0.760. The molecule has 0 aliphatic carbocycles. The normalized spacial score (nSPS) is 14.9. The van der Waals surface area contributed by atoms with Gasteiger partial charge in [0.25, 0.3) is 0 Å². The van der Waals surface area contributed by atoms with E-state index in [9.17, 15) is 20.6 Å². The minimum Gasteiger partial charge on any atom is -0.463 e. The molecule has 0 radical (unpaired) electrons. The van der Waals surface area contributed by atoms with Crippen molar-refractivity contribution in [1.29, 1.82) is 15.8 Å². The first kappa shape index (κ1) is 25.8. The van der Waals surface area contributed by atoms with E-state index in [1.165, 1.54) is 22.7 Å². The van der Waals surface area contributed by atoms with Crippen LogP contribution in [0.5, 0.6) is 0 Å². The van der Waals surface area contributed by atoms with Gasteiger partial charge in [-0.1, -0.05) is 23.9 Å². The van der Waals surface area contributed by atoms with Gasteiger partial charge >= 0.3 is 5.97 Å². The first-order valence-corrected chi connectivity index (χ1v) is 13.5. The van der Waals surface area contributed by atoms with E-state index in [2.05, 4.69) is 17.1 Å². The molecule has 0 amide bonds. The number of nitrogen functional groups attached to an aromatic ring is 1. The molecule has 37 heavy (non-hydrogen) atoms. The van der Waals surface area contributed by atoms with Crippen LogP contribution in [0.15, 0.2) is 62.8 Å². The number of thiophene rings is 2. The number of nitrogens with two attached hydrogens (primary N) is 2. The number of rotatable bonds is 7. The summed E-state index contributed by atoms with van der Waals surface area (Å²) in [5.41, 5.74) is 13.2. The van der Waals surface area contributed by atoms with Crippen LogP contribution >= 0.6 is 34.4 Å². The highest BCUT2D eigenvalue weighted by Crippen LogP contribution is 2.43. The maximum atomic E-state index is 13.1. The number of aromatic nitrogens is 1. The maximum Gasteiger partial charge on any atom is 0.338 e. The third-order valence-electron chi connectivity index (χ3n) is 5.34. The molecule has 0 fully saturated rings. The van der Waals surface area contributed by atoms with Crippen molar-refractivity contribution in [2.45, 2.75) is 17.9 Å². The van der Waals surface area contributed by atoms with Gasteiger partial charge in [0.2, 0.25) is 5.88 Å². The first-order valence-electron chi connectivity index (χ1n) is 10.8. The Morgan fingerprint density at radius 3 is 2.46 bits per heavy atom. The number of carbonyl (C=O) groups excluding carboxylic acids is 1. The molecular weight excluding hydrogens is 529 g/mol. The van der Waals surface area contributed by atoms with Gasteiger partial charge in [0, 0.05) is 15.3 Å². The summed E-state index contributed by atoms with van der Waals surface area (Å²) in [7, 11) is 0. The lowest BCUT2D eigenvalue weighted by molar-refractivity contribution is -0.139. The summed E-state index contributed by atoms with van der Waals surface area (Å²) in [6.07, 6.45) is 0. The highest BCUT2D eigenvalue weighted by molar-refractivity contribution is 7.99. The monoisotopic (exact) mass is 546 g/mol. The number of hydrogen-bond acceptors (Lipinski definition) is 12. The van der Waals surface area contributed by atoms with Gasteiger partial charge in [-0.15, -0.1) is 22.7 Å². The standard InChI is InChI=1S/C25H18N6O3S3/c1-2-33-25(32)21-16(34-23(30)14(10-27)20(21)18-6-4-8-36-18)12-37-24-15(11-28)19(17-5-3-7-35-17)13(9-26)22(29)31-24/h3-8,20H,2,12,30H2,1H3,(H2,29,31). The second-order valence-electron chi connectivity index (χ2n) is 7.41. The second-order valence-corrected chi connectivity index (χ2v) is 10.3. The molecule has 12 heteroatoms. The lowest BCUT2D eigenvalue weighted by Crippen LogP contribution is -2.26. The number of hydrogen-bond donors (Lipinski definition) is 2. The number of thioether (sulfide) groups is 1. The molecule has 4 N–H and O–H groups in total. The van der Waals surface area contributed by atoms with Crippen molar-refractivity contribution < 1.29 is 14.3 Å². The first-order chi connectivity index (χ1) is 17.9. The average Bonchev–Trinajstić information content (AvgIpc) is 3.61. The van der Waals surface area contributed by atoms with Gasteiger partial charge in [0.1, 0.15) is 45.9 Å². The van der Waals surface area contributed by atoms with E-state index in [-0.39, 0.29) is 57.1 Å². The fourth-order valence-electron chi connectivity index (χ4n) is 3.80. The van der Waals surface area contributed by atoms with Crippen molar-refractivity contribution in [2.24, 2.45) is 5.73 Å². The summed E-state index contributed by atoms with van der Waals surface area (Å²) in [5.74, 6) is -1.30. The molecule has 3 aromatic heterocycles. The van der Waals surface area contributed by atoms with Crippen molar-refractivity contribution in [1.82, 2.24) is 4.98 Å². The molecule has 1 aliphatic heterocycles. The van der Waals surface area contributed by atoms with Crippen LogP contribution < -0.4 is 11.5 Å². The van der Waals surface area contributed by atoms with Crippen molar-refractivity contribution >= 4 is 46.2 Å². The largest absolute Gasteiger partial charge is 0.463 e. The zero-order chi connectivity index (χ0) is 26.5. The molecule has 0 bridgehead atoms. The lowest BCUT2D eigenvalue weighted by atomic mass is 9.87. The second kappa shape index (κ2) is 11.2. The number of pyridine rings is 1. The van der Waals surface area contributed by atoms with Crippen molar-refractivity contribution in [3.05, 3.63) is 73.8 Å². The minimum absolute atomic E-state index is 0.0146. The van der Waals surface area contributed by atoms with Crippen LogP contribution in [0.4, 0.5) is 5.82 Å². The van der Waals surface area contributed by atoms with Crippen molar-refractivity contribution in [3.63, 3.8) is 0 Å². The zero-order valence-corrected chi connectivity index (χ0v) is 21.8. The number of allylic oxidation sites excluding steroid dienone is 1. The van der Waals surface area contributed by atoms with Crippen LogP contribution in [0, 0.1) is 34.0 Å². The van der Waals surface area contributed by atoms with Gasteiger partial charge in [-0.25, -0.2) is 9.78 Å². The number of esters is 1. The maximum absolute atomic E-state index is 13.1. The van der Waals surface area contributed by atoms with E-state index >= 15 is 0 Å². The molecule has 4 heterocycles. The third-order valence-corrected chi connectivity index (χ3v) is 8.14. The van der Waals surface area contributed by atoms with Gasteiger partial charge in [0.15, 0.2) is 0 Å². The Kier molecular flexibility index (Phi) is 7.80. The number of ether oxygens (including phenoxy) is 2. The molecule has 1 aliphatic rings. The number of anilines is 1. The van der Waals surface area contributed by atoms with Crippen LogP contribution in [0.1, 0.15) is 28.8 Å². The molecule has 4 rings (SSSR count). The molecule has 9 nitrogen and oxygen atoms in total. The molecular formula is C25H18N6O3S3. The van der Waals surface area contributed by atoms with Gasteiger partial charge in [0.05, 0.1) is 29.4 Å². The molecule has 0 saturated carbocycles. The topological polar surface area (TPSA) is 172 Å². The Morgan fingerprint density at radius 2 is 1.86 bits per heavy atom. The van der Waals surface area contributed by atoms with Gasteiger partial charge in [-0.05, 0) is 29.8 Å². The molecule has 3 aromatic rings. The molecule has 0 aromatic carbocycles. The summed E-state index contributed by atoms with van der Waals surface area (Å²) >= 11 is 3.85. The van der Waals surface area contributed by atoms with E-state index in [0.717, 1.165) is 16.6 Å². The summed E-state index contributed by atoms with van der Waals surface area (Å²) in [6, 6.07) is 13.5. The van der Waals surface area contributed by atoms with Crippen LogP contribution in [0.2, 0.25) is 0 Å². The average molecular weight is 547 g/mol. The summed E-state index contributed by atoms with van der Waals surface area (Å²) < 4.78 is 11.1. The van der Waals surface area contributed by atoms with Crippen LogP contribution in [0.25, 0.3) is 10.4 Å². The fourth-order valence-corrected chi connectivity index (χ4v) is 6.36. The van der Waals surface area contributed by atoms with Crippen LogP contribution in [-0.4, -0.2) is 23.3 Å². The van der Waals surface area contributed by atoms with E-state index in [1.54, 1.807) is 19.1 Å². The fraction of sp³-hybridized carbons (Fsp3) is 0.160. The quantitative estimate of drug-likeness (QED) is 0.315. The Hall–Kier alpha value is -4.28. The van der Waals surface area contributed by atoms with E-state index in [1.807, 2.05) is 29.0 Å². The van der Waals surface area contributed by atoms with E-state index in [0.29, 0.717) is 10.4 Å². The van der Waals surface area contributed by atoms with Gasteiger partial charge in [-0.2, -0.15) is 15.8 Å². The molecule has 1 unspecified atom stereocenters. The highest BCUT2D eigenvalue weighted by Gasteiger charge is 2.38. The smallest absolute Gasteiger partial charge is 0.338 e. The molecule has 0 saturated heterocycles. The predicted octanol–water partition coefficient (Wildman–Crippen LogP) is 4.61. The third kappa shape index (κ3) is 4.89. The van der Waals surface area contributed by atoms with E-state index < -0.39 is 11.9 Å². The summed E-state index contributed by atoms with van der Waals surface area (Å²) in [6.45, 7) is 1.80. The highest BCUT2D eigenvalue weighted by atomic mass is 32.2. The van der Waals surface area contributed by atoms with Crippen molar-refractivity contribution in [3.8, 4) is 28.6 Å². The number of carbonyl (C=O) groups is 1. The Labute approximate surface area is 224 Å². The predicted molar refractivity (Wildman–Crippen MR) is 141 cm³/mol. The Bertz CT molecular complexity index is 1540. The number of nitrogens with zero attached hydrogens (tertiary/aromatic N) is 4. The van der Waals surface area contributed by atoms with Crippen LogP contribution in [-0.2, 0) is 14.3 Å². The van der Waals surface area contributed by atoms with Crippen LogP contribution in [0.3, 0.4) is 0 Å². The Balaban J connectivity index is 1.82. The Morgan fingerprint density at radius 1 is 1.14 bits per heavy atom. The molecule has 0 spiro atoms. The lowest BCUT2D eigenvalue weighted by Gasteiger charge is -2.27. The molecule has 1 atom stereocenters. The van der Waals surface area contributed by atoms with E-state index in [4.69, 9.17) is 20.9 Å². The molecule has 184 valence electrons. The summed E-state index contributed by atoms with van der Waals surface area (Å²) in [4.78, 5) is 18.8. The summed E-state index contributed by atoms with van der Waals surface area (Å²) in [5, 5.41) is 33.4. The zero-order valence-electron chi connectivity index (χ0n) is 19.3.